The Labute approximate surface area is 125 Å². The second-order valence-electron chi connectivity index (χ2n) is 5.41. The molecule has 0 spiro atoms. The quantitative estimate of drug-likeness (QED) is 0.847. The SMILES string of the molecule is CNc1nc(NN2CCCc3ccccc32)cc(C)[n+]1C. The zero-order chi connectivity index (χ0) is 14.8. The van der Waals surface area contributed by atoms with Gasteiger partial charge in [-0.05, 0) is 31.4 Å². The number of hydrogen-bond acceptors (Lipinski definition) is 4. The number of fused-ring (bicyclic) bond motifs is 1. The Kier molecular flexibility index (Phi) is 3.64. The summed E-state index contributed by atoms with van der Waals surface area (Å²) >= 11 is 0. The van der Waals surface area contributed by atoms with Gasteiger partial charge in [0.2, 0.25) is 5.82 Å². The van der Waals surface area contributed by atoms with Crippen LogP contribution < -0.4 is 20.3 Å². The zero-order valence-electron chi connectivity index (χ0n) is 12.8. The van der Waals surface area contributed by atoms with E-state index in [0.717, 1.165) is 36.8 Å². The summed E-state index contributed by atoms with van der Waals surface area (Å²) in [7, 11) is 3.90. The van der Waals surface area contributed by atoms with Crippen molar-refractivity contribution in [3.05, 3.63) is 41.6 Å². The summed E-state index contributed by atoms with van der Waals surface area (Å²) in [6.07, 6.45) is 2.30. The minimum atomic E-state index is 0.850. The molecule has 1 aromatic carbocycles. The second kappa shape index (κ2) is 5.60. The van der Waals surface area contributed by atoms with Crippen LogP contribution in [0.15, 0.2) is 30.3 Å². The molecule has 0 amide bonds. The number of aromatic nitrogens is 2. The van der Waals surface area contributed by atoms with Crippen LogP contribution in [-0.4, -0.2) is 18.6 Å². The van der Waals surface area contributed by atoms with Gasteiger partial charge in [-0.2, -0.15) is 0 Å². The maximum atomic E-state index is 4.62. The van der Waals surface area contributed by atoms with E-state index < -0.39 is 0 Å². The number of hydrogen-bond donors (Lipinski definition) is 2. The maximum absolute atomic E-state index is 4.62. The first-order valence-electron chi connectivity index (χ1n) is 7.36. The molecule has 0 fully saturated rings. The van der Waals surface area contributed by atoms with Gasteiger partial charge >= 0.3 is 5.95 Å². The topological polar surface area (TPSA) is 44.1 Å². The molecule has 0 atom stereocenters. The third kappa shape index (κ3) is 2.63. The summed E-state index contributed by atoms with van der Waals surface area (Å²) in [5, 5.41) is 5.32. The van der Waals surface area contributed by atoms with E-state index in [1.54, 1.807) is 0 Å². The van der Waals surface area contributed by atoms with E-state index in [1.807, 2.05) is 18.7 Å². The predicted molar refractivity (Wildman–Crippen MR) is 85.4 cm³/mol. The van der Waals surface area contributed by atoms with Crippen LogP contribution in [-0.2, 0) is 13.5 Å². The molecule has 1 aromatic heterocycles. The van der Waals surface area contributed by atoms with Crippen LogP contribution in [0.25, 0.3) is 0 Å². The van der Waals surface area contributed by atoms with Gasteiger partial charge in [-0.3, -0.25) is 15.8 Å². The van der Waals surface area contributed by atoms with Gasteiger partial charge in [0.05, 0.1) is 25.5 Å². The van der Waals surface area contributed by atoms with E-state index >= 15 is 0 Å². The van der Waals surface area contributed by atoms with Crippen molar-refractivity contribution in [3.8, 4) is 0 Å². The number of anilines is 3. The highest BCUT2D eigenvalue weighted by Crippen LogP contribution is 2.26. The lowest BCUT2D eigenvalue weighted by Gasteiger charge is -2.31. The van der Waals surface area contributed by atoms with Crippen molar-refractivity contribution >= 4 is 17.5 Å². The Morgan fingerprint density at radius 2 is 2.10 bits per heavy atom. The Morgan fingerprint density at radius 1 is 1.29 bits per heavy atom. The summed E-state index contributed by atoms with van der Waals surface area (Å²) in [5.74, 6) is 1.72. The largest absolute Gasteiger partial charge is 0.393 e. The normalized spacial score (nSPS) is 13.8. The van der Waals surface area contributed by atoms with E-state index in [9.17, 15) is 0 Å². The molecule has 0 aliphatic carbocycles. The smallest absolute Gasteiger partial charge is 0.285 e. The molecule has 110 valence electrons. The van der Waals surface area contributed by atoms with Crippen molar-refractivity contribution in [1.82, 2.24) is 4.98 Å². The lowest BCUT2D eigenvalue weighted by Crippen LogP contribution is -2.39. The minimum Gasteiger partial charge on any atom is -0.285 e. The number of aryl methyl sites for hydroxylation is 2. The Bertz CT molecular complexity index is 653. The number of nitrogens with zero attached hydrogens (tertiary/aromatic N) is 3. The Morgan fingerprint density at radius 3 is 2.90 bits per heavy atom. The lowest BCUT2D eigenvalue weighted by molar-refractivity contribution is -0.665. The Hall–Kier alpha value is -2.30. The molecule has 5 heteroatoms. The average Bonchev–Trinajstić information content (AvgIpc) is 2.51. The molecule has 2 aromatic rings. The van der Waals surface area contributed by atoms with E-state index in [-0.39, 0.29) is 0 Å². The van der Waals surface area contributed by atoms with Gasteiger partial charge in [0.25, 0.3) is 0 Å². The van der Waals surface area contributed by atoms with Crippen LogP contribution >= 0.6 is 0 Å². The first-order valence-corrected chi connectivity index (χ1v) is 7.36. The van der Waals surface area contributed by atoms with Crippen molar-refractivity contribution in [2.24, 2.45) is 7.05 Å². The zero-order valence-corrected chi connectivity index (χ0v) is 12.8. The van der Waals surface area contributed by atoms with Gasteiger partial charge in [0.15, 0.2) is 0 Å². The molecule has 21 heavy (non-hydrogen) atoms. The molecule has 2 N–H and O–H groups in total. The molecule has 2 heterocycles. The van der Waals surface area contributed by atoms with Crippen LogP contribution in [0, 0.1) is 6.92 Å². The molecule has 3 rings (SSSR count). The summed E-state index contributed by atoms with van der Waals surface area (Å²) < 4.78 is 2.04. The van der Waals surface area contributed by atoms with Crippen molar-refractivity contribution in [3.63, 3.8) is 0 Å². The van der Waals surface area contributed by atoms with Gasteiger partial charge < -0.3 is 0 Å². The lowest BCUT2D eigenvalue weighted by atomic mass is 10.0. The summed E-state index contributed by atoms with van der Waals surface area (Å²) in [6, 6.07) is 10.6. The van der Waals surface area contributed by atoms with Crippen LogP contribution in [0.1, 0.15) is 17.7 Å². The molecule has 0 radical (unpaired) electrons. The predicted octanol–water partition coefficient (Wildman–Crippen LogP) is 2.04. The first-order chi connectivity index (χ1) is 10.2. The fourth-order valence-electron chi connectivity index (χ4n) is 2.75. The molecule has 0 unspecified atom stereocenters. The fourth-order valence-corrected chi connectivity index (χ4v) is 2.75. The third-order valence-electron chi connectivity index (χ3n) is 4.00. The highest BCUT2D eigenvalue weighted by molar-refractivity contribution is 5.59. The second-order valence-corrected chi connectivity index (χ2v) is 5.41. The van der Waals surface area contributed by atoms with Gasteiger partial charge in [-0.25, -0.2) is 4.57 Å². The summed E-state index contributed by atoms with van der Waals surface area (Å²) in [5.41, 5.74) is 7.25. The summed E-state index contributed by atoms with van der Waals surface area (Å²) in [4.78, 5) is 4.62. The molecule has 0 saturated carbocycles. The number of nitrogens with one attached hydrogen (secondary N) is 2. The molecule has 1 aliphatic rings. The molecule has 5 nitrogen and oxygen atoms in total. The number of rotatable bonds is 3. The number of benzene rings is 1. The van der Waals surface area contributed by atoms with E-state index in [0.29, 0.717) is 0 Å². The van der Waals surface area contributed by atoms with Crippen molar-refractivity contribution in [2.75, 3.05) is 29.3 Å². The first kappa shape index (κ1) is 13.7. The molecule has 1 aliphatic heterocycles. The molecule has 0 bridgehead atoms. The van der Waals surface area contributed by atoms with Crippen molar-refractivity contribution in [1.29, 1.82) is 0 Å². The maximum Gasteiger partial charge on any atom is 0.393 e. The van der Waals surface area contributed by atoms with Crippen LogP contribution in [0.2, 0.25) is 0 Å². The summed E-state index contributed by atoms with van der Waals surface area (Å²) in [6.45, 7) is 3.07. The van der Waals surface area contributed by atoms with E-state index in [4.69, 9.17) is 0 Å². The minimum absolute atomic E-state index is 0.850. The highest BCUT2D eigenvalue weighted by Gasteiger charge is 2.19. The molecule has 0 saturated heterocycles. The van der Waals surface area contributed by atoms with Crippen LogP contribution in [0.4, 0.5) is 17.5 Å². The van der Waals surface area contributed by atoms with E-state index in [2.05, 4.69) is 58.0 Å². The van der Waals surface area contributed by atoms with Gasteiger partial charge in [-0.1, -0.05) is 23.2 Å². The van der Waals surface area contributed by atoms with Crippen LogP contribution in [0.3, 0.4) is 0 Å². The number of para-hydroxylation sites is 1. The van der Waals surface area contributed by atoms with Crippen molar-refractivity contribution in [2.45, 2.75) is 19.8 Å². The number of hydrazine groups is 1. The molecular weight excluding hydrogens is 262 g/mol. The van der Waals surface area contributed by atoms with E-state index in [1.165, 1.54) is 11.3 Å². The fraction of sp³-hybridized carbons (Fsp3) is 0.375. The highest BCUT2D eigenvalue weighted by atomic mass is 15.5. The van der Waals surface area contributed by atoms with Crippen molar-refractivity contribution < 1.29 is 4.57 Å². The standard InChI is InChI=1S/C16H21N5/c1-12-11-15(18-16(17-2)20(12)3)19-21-10-6-8-13-7-4-5-9-14(13)21/h4-5,7,9,11H,6,8,10H2,1-3H3,(H,17,18,19)/p+1. The monoisotopic (exact) mass is 284 g/mol. The Balaban J connectivity index is 1.90. The van der Waals surface area contributed by atoms with Crippen LogP contribution in [0.5, 0.6) is 0 Å². The van der Waals surface area contributed by atoms with Gasteiger partial charge in [-0.15, -0.1) is 0 Å². The molecular formula is C16H22N5+. The average molecular weight is 284 g/mol. The van der Waals surface area contributed by atoms with Gasteiger partial charge in [0.1, 0.15) is 0 Å². The third-order valence-corrected chi connectivity index (χ3v) is 4.00. The van der Waals surface area contributed by atoms with Gasteiger partial charge in [0, 0.05) is 12.6 Å².